The Hall–Kier alpha value is -4.23. The SMILES string of the molecule is N#Cc1ccc(Nc2nccc(C(=O)Nc3ccccc3C#N)n2)cc1. The first-order chi connectivity index (χ1) is 12.7. The Morgan fingerprint density at radius 2 is 1.73 bits per heavy atom. The topological polar surface area (TPSA) is 114 Å². The van der Waals surface area contributed by atoms with Gasteiger partial charge in [-0.3, -0.25) is 4.79 Å². The van der Waals surface area contributed by atoms with Crippen LogP contribution in [0.15, 0.2) is 60.8 Å². The molecule has 0 spiro atoms. The molecule has 0 aliphatic heterocycles. The van der Waals surface area contributed by atoms with E-state index in [1.165, 1.54) is 12.3 Å². The number of hydrogen-bond donors (Lipinski definition) is 2. The van der Waals surface area contributed by atoms with Gasteiger partial charge in [-0.15, -0.1) is 0 Å². The van der Waals surface area contributed by atoms with Crippen LogP contribution in [0, 0.1) is 22.7 Å². The van der Waals surface area contributed by atoms with Gasteiger partial charge in [0, 0.05) is 11.9 Å². The molecule has 0 fully saturated rings. The van der Waals surface area contributed by atoms with Crippen LogP contribution in [0.3, 0.4) is 0 Å². The third-order valence-electron chi connectivity index (χ3n) is 3.45. The molecule has 0 aliphatic rings. The molecular weight excluding hydrogens is 328 g/mol. The number of carbonyl (C=O) groups is 1. The van der Waals surface area contributed by atoms with Gasteiger partial charge < -0.3 is 10.6 Å². The standard InChI is InChI=1S/C19H12N6O/c20-11-13-5-7-15(8-6-13)23-19-22-10-9-17(25-19)18(26)24-16-4-2-1-3-14(16)12-21/h1-10H,(H,24,26)(H,22,23,25). The highest BCUT2D eigenvalue weighted by atomic mass is 16.1. The van der Waals surface area contributed by atoms with Crippen LogP contribution in [0.4, 0.5) is 17.3 Å². The number of rotatable bonds is 4. The summed E-state index contributed by atoms with van der Waals surface area (Å²) in [6, 6.07) is 19.0. The molecule has 1 aromatic heterocycles. The number of carbonyl (C=O) groups excluding carboxylic acids is 1. The van der Waals surface area contributed by atoms with E-state index in [4.69, 9.17) is 10.5 Å². The normalized spacial score (nSPS) is 9.62. The molecule has 2 N–H and O–H groups in total. The Bertz CT molecular complexity index is 1030. The number of aromatic nitrogens is 2. The van der Waals surface area contributed by atoms with E-state index < -0.39 is 5.91 Å². The lowest BCUT2D eigenvalue weighted by atomic mass is 10.2. The van der Waals surface area contributed by atoms with Crippen molar-refractivity contribution < 1.29 is 4.79 Å². The summed E-state index contributed by atoms with van der Waals surface area (Å²) < 4.78 is 0. The minimum Gasteiger partial charge on any atom is -0.324 e. The van der Waals surface area contributed by atoms with E-state index in [9.17, 15) is 4.79 Å². The van der Waals surface area contributed by atoms with E-state index in [1.807, 2.05) is 12.1 Å². The van der Waals surface area contributed by atoms with Crippen molar-refractivity contribution in [2.45, 2.75) is 0 Å². The van der Waals surface area contributed by atoms with Crippen LogP contribution in [-0.2, 0) is 0 Å². The van der Waals surface area contributed by atoms with Crippen molar-refractivity contribution in [2.75, 3.05) is 10.6 Å². The minimum atomic E-state index is -0.446. The van der Waals surface area contributed by atoms with Crippen molar-refractivity contribution in [1.29, 1.82) is 10.5 Å². The van der Waals surface area contributed by atoms with E-state index in [2.05, 4.69) is 20.6 Å². The average Bonchev–Trinajstić information content (AvgIpc) is 2.69. The second-order valence-electron chi connectivity index (χ2n) is 5.19. The van der Waals surface area contributed by atoms with E-state index in [-0.39, 0.29) is 11.6 Å². The van der Waals surface area contributed by atoms with Crippen LogP contribution in [0.1, 0.15) is 21.6 Å². The number of nitriles is 2. The Morgan fingerprint density at radius 3 is 2.46 bits per heavy atom. The quantitative estimate of drug-likeness (QED) is 0.753. The summed E-state index contributed by atoms with van der Waals surface area (Å²) in [5.41, 5.74) is 2.17. The Labute approximate surface area is 149 Å². The number of nitrogens with one attached hydrogen (secondary N) is 2. The zero-order valence-electron chi connectivity index (χ0n) is 13.5. The molecule has 0 saturated heterocycles. The van der Waals surface area contributed by atoms with Crippen molar-refractivity contribution in [3.63, 3.8) is 0 Å². The molecule has 2 aromatic carbocycles. The molecule has 1 heterocycles. The highest BCUT2D eigenvalue weighted by Crippen LogP contribution is 2.16. The molecule has 124 valence electrons. The van der Waals surface area contributed by atoms with Gasteiger partial charge in [-0.2, -0.15) is 10.5 Å². The van der Waals surface area contributed by atoms with Gasteiger partial charge in [0.05, 0.1) is 22.9 Å². The Morgan fingerprint density at radius 1 is 0.962 bits per heavy atom. The highest BCUT2D eigenvalue weighted by Gasteiger charge is 2.11. The van der Waals surface area contributed by atoms with Crippen LogP contribution in [0.2, 0.25) is 0 Å². The van der Waals surface area contributed by atoms with Crippen molar-refractivity contribution in [3.05, 3.63) is 77.6 Å². The third kappa shape index (κ3) is 3.81. The molecule has 7 nitrogen and oxygen atoms in total. The zero-order chi connectivity index (χ0) is 18.4. The fourth-order valence-electron chi connectivity index (χ4n) is 2.18. The molecule has 7 heteroatoms. The van der Waals surface area contributed by atoms with Gasteiger partial charge in [0.25, 0.3) is 5.91 Å². The number of benzene rings is 2. The van der Waals surface area contributed by atoms with Gasteiger partial charge in [0.15, 0.2) is 0 Å². The lowest BCUT2D eigenvalue weighted by Crippen LogP contribution is -2.15. The first-order valence-corrected chi connectivity index (χ1v) is 7.60. The smallest absolute Gasteiger partial charge is 0.274 e. The van der Waals surface area contributed by atoms with E-state index in [0.717, 1.165) is 0 Å². The number of amides is 1. The van der Waals surface area contributed by atoms with Gasteiger partial charge in [0.1, 0.15) is 11.8 Å². The molecule has 0 bridgehead atoms. The molecule has 0 radical (unpaired) electrons. The number of hydrogen-bond acceptors (Lipinski definition) is 6. The van der Waals surface area contributed by atoms with Crippen molar-refractivity contribution >= 4 is 23.2 Å². The highest BCUT2D eigenvalue weighted by molar-refractivity contribution is 6.03. The van der Waals surface area contributed by atoms with Crippen LogP contribution in [-0.4, -0.2) is 15.9 Å². The summed E-state index contributed by atoms with van der Waals surface area (Å²) in [6.07, 6.45) is 1.46. The van der Waals surface area contributed by atoms with E-state index in [0.29, 0.717) is 22.5 Å². The fourth-order valence-corrected chi connectivity index (χ4v) is 2.18. The van der Waals surface area contributed by atoms with E-state index in [1.54, 1.807) is 48.5 Å². The predicted octanol–water partition coefficient (Wildman–Crippen LogP) is 3.22. The number of para-hydroxylation sites is 1. The fraction of sp³-hybridized carbons (Fsp3) is 0. The molecule has 3 aromatic rings. The maximum absolute atomic E-state index is 12.4. The third-order valence-corrected chi connectivity index (χ3v) is 3.45. The second kappa shape index (κ2) is 7.56. The Kier molecular flexibility index (Phi) is 4.83. The molecule has 0 unspecified atom stereocenters. The first-order valence-electron chi connectivity index (χ1n) is 7.60. The maximum Gasteiger partial charge on any atom is 0.274 e. The van der Waals surface area contributed by atoms with Gasteiger partial charge in [0.2, 0.25) is 5.95 Å². The van der Waals surface area contributed by atoms with Gasteiger partial charge >= 0.3 is 0 Å². The van der Waals surface area contributed by atoms with Crippen LogP contribution in [0.5, 0.6) is 0 Å². The molecule has 1 amide bonds. The minimum absolute atomic E-state index is 0.156. The van der Waals surface area contributed by atoms with Gasteiger partial charge in [-0.05, 0) is 42.5 Å². The summed E-state index contributed by atoms with van der Waals surface area (Å²) in [7, 11) is 0. The summed E-state index contributed by atoms with van der Waals surface area (Å²) in [5, 5.41) is 23.5. The molecular formula is C19H12N6O. The molecule has 26 heavy (non-hydrogen) atoms. The summed E-state index contributed by atoms with van der Waals surface area (Å²) in [6.45, 7) is 0. The summed E-state index contributed by atoms with van der Waals surface area (Å²) in [4.78, 5) is 20.7. The lowest BCUT2D eigenvalue weighted by molar-refractivity contribution is 0.102. The van der Waals surface area contributed by atoms with Crippen LogP contribution in [0.25, 0.3) is 0 Å². The number of nitrogens with zero attached hydrogens (tertiary/aromatic N) is 4. The summed E-state index contributed by atoms with van der Waals surface area (Å²) in [5.74, 6) is -0.200. The van der Waals surface area contributed by atoms with Crippen LogP contribution >= 0.6 is 0 Å². The molecule has 0 atom stereocenters. The zero-order valence-corrected chi connectivity index (χ0v) is 13.5. The molecule has 3 rings (SSSR count). The predicted molar refractivity (Wildman–Crippen MR) is 95.6 cm³/mol. The van der Waals surface area contributed by atoms with Crippen molar-refractivity contribution in [2.24, 2.45) is 0 Å². The molecule has 0 saturated carbocycles. The average molecular weight is 340 g/mol. The van der Waals surface area contributed by atoms with Crippen molar-refractivity contribution in [3.8, 4) is 12.1 Å². The van der Waals surface area contributed by atoms with E-state index >= 15 is 0 Å². The lowest BCUT2D eigenvalue weighted by Gasteiger charge is -2.08. The largest absolute Gasteiger partial charge is 0.324 e. The summed E-state index contributed by atoms with van der Waals surface area (Å²) >= 11 is 0. The van der Waals surface area contributed by atoms with Gasteiger partial charge in [-0.25, -0.2) is 9.97 Å². The Balaban J connectivity index is 1.77. The van der Waals surface area contributed by atoms with Crippen molar-refractivity contribution in [1.82, 2.24) is 9.97 Å². The maximum atomic E-state index is 12.4. The monoisotopic (exact) mass is 340 g/mol. The van der Waals surface area contributed by atoms with Gasteiger partial charge in [-0.1, -0.05) is 12.1 Å². The molecule has 0 aliphatic carbocycles. The van der Waals surface area contributed by atoms with Crippen LogP contribution < -0.4 is 10.6 Å². The second-order valence-corrected chi connectivity index (χ2v) is 5.19. The number of anilines is 3. The first kappa shape index (κ1) is 16.6.